The second kappa shape index (κ2) is 7.72. The predicted molar refractivity (Wildman–Crippen MR) is 112 cm³/mol. The first-order chi connectivity index (χ1) is 13.7. The van der Waals surface area contributed by atoms with Gasteiger partial charge in [-0.25, -0.2) is 0 Å². The summed E-state index contributed by atoms with van der Waals surface area (Å²) in [6.07, 6.45) is 0.561. The maximum atomic E-state index is 13.4. The average Bonchev–Trinajstić information content (AvgIpc) is 2.75. The van der Waals surface area contributed by atoms with E-state index >= 15 is 0 Å². The van der Waals surface area contributed by atoms with E-state index < -0.39 is 0 Å². The van der Waals surface area contributed by atoms with Crippen LogP contribution >= 0.6 is 11.6 Å². The van der Waals surface area contributed by atoms with Crippen LogP contribution in [0.5, 0.6) is 0 Å². The molecule has 1 atom stereocenters. The van der Waals surface area contributed by atoms with Crippen molar-refractivity contribution in [2.45, 2.75) is 12.5 Å². The molecule has 28 heavy (non-hydrogen) atoms. The lowest BCUT2D eigenvalue weighted by atomic mass is 9.85. The minimum Gasteiger partial charge on any atom is -0.300 e. The van der Waals surface area contributed by atoms with E-state index in [-0.39, 0.29) is 17.5 Å². The first-order valence-electron chi connectivity index (χ1n) is 9.02. The van der Waals surface area contributed by atoms with Crippen LogP contribution in [0.15, 0.2) is 90.5 Å². The third-order valence-corrected chi connectivity index (χ3v) is 5.22. The molecular formula is C24H17ClN2O. The lowest BCUT2D eigenvalue weighted by Gasteiger charge is -2.37. The molecule has 0 radical (unpaired) electrons. The van der Waals surface area contributed by atoms with Gasteiger partial charge in [-0.05, 0) is 47.4 Å². The molecule has 0 aliphatic carbocycles. The van der Waals surface area contributed by atoms with Crippen molar-refractivity contribution in [2.24, 2.45) is 0 Å². The molecule has 1 aliphatic heterocycles. The molecule has 3 aromatic rings. The van der Waals surface area contributed by atoms with E-state index in [0.717, 1.165) is 22.4 Å². The highest BCUT2D eigenvalue weighted by molar-refractivity contribution is 6.30. The van der Waals surface area contributed by atoms with Crippen LogP contribution in [0.25, 0.3) is 5.57 Å². The quantitative estimate of drug-likeness (QED) is 0.573. The molecule has 4 rings (SSSR count). The molecule has 0 bridgehead atoms. The van der Waals surface area contributed by atoms with Crippen molar-refractivity contribution < 1.29 is 4.79 Å². The van der Waals surface area contributed by atoms with Gasteiger partial charge in [0.1, 0.15) is 11.6 Å². The van der Waals surface area contributed by atoms with Crippen molar-refractivity contribution in [3.8, 4) is 6.07 Å². The predicted octanol–water partition coefficient (Wildman–Crippen LogP) is 5.80. The third kappa shape index (κ3) is 3.31. The Labute approximate surface area is 169 Å². The second-order valence-corrected chi connectivity index (χ2v) is 7.05. The molecule has 1 amide bonds. The maximum Gasteiger partial charge on any atom is 0.269 e. The Balaban J connectivity index is 1.89. The molecular weight excluding hydrogens is 368 g/mol. The van der Waals surface area contributed by atoms with Crippen LogP contribution in [0.3, 0.4) is 0 Å². The van der Waals surface area contributed by atoms with Crippen molar-refractivity contribution in [3.05, 3.63) is 107 Å². The summed E-state index contributed by atoms with van der Waals surface area (Å²) in [6, 6.07) is 28.7. The SMILES string of the molecule is N#CC1=C(c2ccccc2)C[C@@H](c2ccccc2)N(c2ccc(Cl)cc2)C1=O. The molecule has 0 fully saturated rings. The number of rotatable bonds is 3. The number of halogens is 1. The number of carbonyl (C=O) groups is 1. The van der Waals surface area contributed by atoms with Crippen molar-refractivity contribution >= 4 is 28.8 Å². The minimum atomic E-state index is -0.288. The van der Waals surface area contributed by atoms with Crippen LogP contribution in [-0.2, 0) is 4.79 Å². The van der Waals surface area contributed by atoms with Gasteiger partial charge in [0.15, 0.2) is 0 Å². The number of amides is 1. The van der Waals surface area contributed by atoms with Crippen LogP contribution in [-0.4, -0.2) is 5.91 Å². The number of hydrogen-bond acceptors (Lipinski definition) is 2. The molecule has 1 aliphatic rings. The normalized spacial score (nSPS) is 16.8. The van der Waals surface area contributed by atoms with Gasteiger partial charge in [0.2, 0.25) is 0 Å². The van der Waals surface area contributed by atoms with Gasteiger partial charge in [0.05, 0.1) is 6.04 Å². The first-order valence-corrected chi connectivity index (χ1v) is 9.39. The Morgan fingerprint density at radius 2 is 1.50 bits per heavy atom. The van der Waals surface area contributed by atoms with Crippen LogP contribution in [0.2, 0.25) is 5.02 Å². The highest BCUT2D eigenvalue weighted by Crippen LogP contribution is 2.41. The fraction of sp³-hybridized carbons (Fsp3) is 0.0833. The molecule has 4 heteroatoms. The summed E-state index contributed by atoms with van der Waals surface area (Å²) in [4.78, 5) is 15.1. The zero-order valence-electron chi connectivity index (χ0n) is 15.0. The molecule has 0 spiro atoms. The van der Waals surface area contributed by atoms with Gasteiger partial charge >= 0.3 is 0 Å². The number of hydrogen-bond donors (Lipinski definition) is 0. The minimum absolute atomic E-state index is 0.188. The van der Waals surface area contributed by atoms with E-state index in [1.165, 1.54) is 0 Å². The Morgan fingerprint density at radius 1 is 0.893 bits per heavy atom. The number of anilines is 1. The zero-order valence-corrected chi connectivity index (χ0v) is 15.8. The third-order valence-electron chi connectivity index (χ3n) is 4.97. The Morgan fingerprint density at radius 3 is 2.11 bits per heavy atom. The van der Waals surface area contributed by atoms with Gasteiger partial charge in [-0.1, -0.05) is 72.3 Å². The first kappa shape index (κ1) is 18.0. The number of nitriles is 1. The van der Waals surface area contributed by atoms with E-state index in [9.17, 15) is 10.1 Å². The van der Waals surface area contributed by atoms with Crippen molar-refractivity contribution in [3.63, 3.8) is 0 Å². The number of benzene rings is 3. The molecule has 0 N–H and O–H groups in total. The largest absolute Gasteiger partial charge is 0.300 e. The summed E-state index contributed by atoms with van der Waals surface area (Å²) in [5.74, 6) is -0.288. The van der Waals surface area contributed by atoms with E-state index in [0.29, 0.717) is 11.4 Å². The topological polar surface area (TPSA) is 44.1 Å². The molecule has 0 saturated heterocycles. The Kier molecular flexibility index (Phi) is 4.97. The van der Waals surface area contributed by atoms with E-state index in [1.807, 2.05) is 72.8 Å². The molecule has 3 nitrogen and oxygen atoms in total. The fourth-order valence-electron chi connectivity index (χ4n) is 3.64. The lowest BCUT2D eigenvalue weighted by molar-refractivity contribution is -0.115. The zero-order chi connectivity index (χ0) is 19.5. The lowest BCUT2D eigenvalue weighted by Crippen LogP contribution is -2.39. The van der Waals surface area contributed by atoms with Crippen molar-refractivity contribution in [2.75, 3.05) is 4.90 Å². The monoisotopic (exact) mass is 384 g/mol. The summed E-state index contributed by atoms with van der Waals surface area (Å²) in [6.45, 7) is 0. The van der Waals surface area contributed by atoms with Crippen LogP contribution in [0.4, 0.5) is 5.69 Å². The molecule has 3 aromatic carbocycles. The Hall–Kier alpha value is -3.35. The standard InChI is InChI=1S/C24H17ClN2O/c25-19-11-13-20(14-12-19)27-23(18-9-5-2-6-10-18)15-21(22(16-26)24(27)28)17-7-3-1-4-8-17/h1-14,23H,15H2/t23-/m0/s1. The summed E-state index contributed by atoms with van der Waals surface area (Å²) >= 11 is 6.03. The van der Waals surface area contributed by atoms with Gasteiger partial charge in [0.25, 0.3) is 5.91 Å². The van der Waals surface area contributed by atoms with Crippen LogP contribution < -0.4 is 4.90 Å². The van der Waals surface area contributed by atoms with E-state index in [4.69, 9.17) is 11.6 Å². The van der Waals surface area contributed by atoms with E-state index in [1.54, 1.807) is 17.0 Å². The van der Waals surface area contributed by atoms with Gasteiger partial charge in [-0.15, -0.1) is 0 Å². The summed E-state index contributed by atoms with van der Waals surface area (Å²) < 4.78 is 0. The van der Waals surface area contributed by atoms with Gasteiger partial charge < -0.3 is 0 Å². The van der Waals surface area contributed by atoms with Crippen molar-refractivity contribution in [1.29, 1.82) is 5.26 Å². The number of carbonyl (C=O) groups excluding carboxylic acids is 1. The average molecular weight is 385 g/mol. The maximum absolute atomic E-state index is 13.4. The summed E-state index contributed by atoms with van der Waals surface area (Å²) in [5.41, 5.74) is 3.63. The summed E-state index contributed by atoms with van der Waals surface area (Å²) in [5, 5.41) is 10.4. The molecule has 0 unspecified atom stereocenters. The van der Waals surface area contributed by atoms with Gasteiger partial charge in [-0.2, -0.15) is 5.26 Å². The summed E-state index contributed by atoms with van der Waals surface area (Å²) in [7, 11) is 0. The van der Waals surface area contributed by atoms with Crippen LogP contribution in [0, 0.1) is 11.3 Å². The van der Waals surface area contributed by atoms with Crippen LogP contribution in [0.1, 0.15) is 23.6 Å². The highest BCUT2D eigenvalue weighted by atomic mass is 35.5. The Bertz CT molecular complexity index is 1070. The van der Waals surface area contributed by atoms with Gasteiger partial charge in [0, 0.05) is 10.7 Å². The highest BCUT2D eigenvalue weighted by Gasteiger charge is 2.36. The van der Waals surface area contributed by atoms with Crippen molar-refractivity contribution in [1.82, 2.24) is 0 Å². The second-order valence-electron chi connectivity index (χ2n) is 6.61. The molecule has 136 valence electrons. The van der Waals surface area contributed by atoms with E-state index in [2.05, 4.69) is 6.07 Å². The smallest absolute Gasteiger partial charge is 0.269 e. The number of nitrogens with zero attached hydrogens (tertiary/aromatic N) is 2. The fourth-order valence-corrected chi connectivity index (χ4v) is 3.76. The molecule has 0 saturated carbocycles. The molecule has 0 aromatic heterocycles. The molecule has 1 heterocycles. The van der Waals surface area contributed by atoms with Gasteiger partial charge in [-0.3, -0.25) is 9.69 Å².